The maximum atomic E-state index is 13.0. The lowest BCUT2D eigenvalue weighted by molar-refractivity contribution is -0.151. The van der Waals surface area contributed by atoms with Gasteiger partial charge in [-0.3, -0.25) is 14.9 Å². The molecule has 0 radical (unpaired) electrons. The molecule has 11 heteroatoms. The first-order valence-electron chi connectivity index (χ1n) is 9.95. The molecule has 3 heterocycles. The van der Waals surface area contributed by atoms with Crippen LogP contribution >= 0.6 is 0 Å². The maximum absolute atomic E-state index is 13.0. The minimum atomic E-state index is -4.41. The van der Waals surface area contributed by atoms with Crippen LogP contribution in [0.4, 0.5) is 18.9 Å². The van der Waals surface area contributed by atoms with E-state index >= 15 is 0 Å². The predicted octanol–water partition coefficient (Wildman–Crippen LogP) is 2.44. The van der Waals surface area contributed by atoms with Gasteiger partial charge in [-0.15, -0.1) is 0 Å². The van der Waals surface area contributed by atoms with Crippen LogP contribution in [-0.2, 0) is 20.5 Å². The second kappa shape index (κ2) is 8.56. The Hall–Kier alpha value is -3.50. The molecule has 0 unspecified atom stereocenters. The normalized spacial score (nSPS) is 21.8. The summed E-state index contributed by atoms with van der Waals surface area (Å²) in [7, 11) is 1.20. The highest BCUT2D eigenvalue weighted by molar-refractivity contribution is 6.08. The number of halogens is 3. The van der Waals surface area contributed by atoms with Gasteiger partial charge >= 0.3 is 12.1 Å². The third kappa shape index (κ3) is 4.27. The van der Waals surface area contributed by atoms with Crippen LogP contribution < -0.4 is 10.2 Å². The number of amides is 1. The minimum absolute atomic E-state index is 0.292. The lowest BCUT2D eigenvalue weighted by atomic mass is 9.95. The summed E-state index contributed by atoms with van der Waals surface area (Å²) in [6.07, 6.45) is -2.98. The number of furan rings is 1. The molecular weight excluding hydrogens is 429 g/mol. The summed E-state index contributed by atoms with van der Waals surface area (Å²) in [4.78, 5) is 33.1. The van der Waals surface area contributed by atoms with E-state index < -0.39 is 35.6 Å². The van der Waals surface area contributed by atoms with E-state index in [-0.39, 0.29) is 0 Å². The molecule has 1 fully saturated rings. The predicted molar refractivity (Wildman–Crippen MR) is 108 cm³/mol. The van der Waals surface area contributed by atoms with Crippen molar-refractivity contribution < 1.29 is 31.9 Å². The number of alkyl halides is 3. The van der Waals surface area contributed by atoms with E-state index in [0.717, 1.165) is 12.1 Å². The van der Waals surface area contributed by atoms with Crippen molar-refractivity contribution in [2.45, 2.75) is 12.2 Å². The minimum Gasteiger partial charge on any atom is -0.468 e. The number of nitrogens with one attached hydrogen (secondary N) is 1. The van der Waals surface area contributed by atoms with E-state index in [1.807, 2.05) is 9.80 Å². The molecule has 2 aliphatic heterocycles. The van der Waals surface area contributed by atoms with Crippen LogP contribution in [0.1, 0.15) is 17.4 Å². The molecule has 0 aliphatic carbocycles. The Bertz CT molecular complexity index is 1010. The number of piperazine rings is 1. The Morgan fingerprint density at radius 3 is 2.50 bits per heavy atom. The number of benzene rings is 1. The lowest BCUT2D eigenvalue weighted by Gasteiger charge is -2.39. The lowest BCUT2D eigenvalue weighted by Crippen LogP contribution is -2.57. The first-order chi connectivity index (χ1) is 15.3. The van der Waals surface area contributed by atoms with Gasteiger partial charge in [-0.05, 0) is 30.3 Å². The van der Waals surface area contributed by atoms with Gasteiger partial charge in [0.2, 0.25) is 11.9 Å². The Morgan fingerprint density at radius 1 is 1.16 bits per heavy atom. The SMILES string of the molecule is COC(=O)[C@@H]1C(=O)NC(N2CCN(c3cccc(C(F)(F)F)c3)CC2)=N[C@@H]1c1ccco1. The van der Waals surface area contributed by atoms with Crippen LogP contribution in [0.15, 0.2) is 52.1 Å². The third-order valence-corrected chi connectivity index (χ3v) is 5.50. The molecule has 1 saturated heterocycles. The summed E-state index contributed by atoms with van der Waals surface area (Å²) in [5.74, 6) is -1.80. The van der Waals surface area contributed by atoms with E-state index in [9.17, 15) is 22.8 Å². The first kappa shape index (κ1) is 21.7. The van der Waals surface area contributed by atoms with Gasteiger partial charge in [0.05, 0.1) is 18.9 Å². The number of guanidine groups is 1. The molecule has 8 nitrogen and oxygen atoms in total. The van der Waals surface area contributed by atoms with E-state index in [2.05, 4.69) is 10.3 Å². The fourth-order valence-electron chi connectivity index (χ4n) is 3.84. The summed E-state index contributed by atoms with van der Waals surface area (Å²) >= 11 is 0. The second-order valence-corrected chi connectivity index (χ2v) is 7.43. The fraction of sp³-hybridized carbons (Fsp3) is 0.381. The van der Waals surface area contributed by atoms with Crippen molar-refractivity contribution in [3.63, 3.8) is 0 Å². The number of methoxy groups -OCH3 is 1. The van der Waals surface area contributed by atoms with Crippen molar-refractivity contribution in [2.24, 2.45) is 10.9 Å². The van der Waals surface area contributed by atoms with Gasteiger partial charge in [0.15, 0.2) is 5.92 Å². The van der Waals surface area contributed by atoms with Crippen LogP contribution in [-0.4, -0.2) is 56.0 Å². The van der Waals surface area contributed by atoms with Crippen LogP contribution in [0.2, 0.25) is 0 Å². The largest absolute Gasteiger partial charge is 0.468 e. The van der Waals surface area contributed by atoms with Gasteiger partial charge in [0.1, 0.15) is 11.8 Å². The van der Waals surface area contributed by atoms with Gasteiger partial charge in [0.25, 0.3) is 0 Å². The van der Waals surface area contributed by atoms with Crippen LogP contribution in [0, 0.1) is 5.92 Å². The number of hydrogen-bond donors (Lipinski definition) is 1. The molecule has 0 spiro atoms. The number of rotatable bonds is 3. The smallest absolute Gasteiger partial charge is 0.416 e. The highest BCUT2D eigenvalue weighted by Crippen LogP contribution is 2.33. The van der Waals surface area contributed by atoms with Gasteiger partial charge in [-0.1, -0.05) is 6.07 Å². The number of nitrogens with zero attached hydrogens (tertiary/aromatic N) is 3. The van der Waals surface area contributed by atoms with Crippen LogP contribution in [0.3, 0.4) is 0 Å². The zero-order valence-corrected chi connectivity index (χ0v) is 17.1. The van der Waals surface area contributed by atoms with Gasteiger partial charge in [-0.25, -0.2) is 4.99 Å². The summed E-state index contributed by atoms with van der Waals surface area (Å²) in [6.45, 7) is 1.70. The Morgan fingerprint density at radius 2 is 1.88 bits per heavy atom. The van der Waals surface area contributed by atoms with Gasteiger partial charge in [-0.2, -0.15) is 13.2 Å². The molecule has 2 aromatic rings. The molecule has 2 atom stereocenters. The Labute approximate surface area is 181 Å². The molecule has 1 aromatic heterocycles. The van der Waals surface area contributed by atoms with E-state index in [4.69, 9.17) is 9.15 Å². The summed E-state index contributed by atoms with van der Waals surface area (Å²) in [5, 5.41) is 2.65. The average Bonchev–Trinajstić information content (AvgIpc) is 3.32. The van der Waals surface area contributed by atoms with Crippen LogP contribution in [0.25, 0.3) is 0 Å². The molecule has 1 aromatic carbocycles. The average molecular weight is 450 g/mol. The molecule has 0 saturated carbocycles. The number of anilines is 1. The molecule has 4 rings (SSSR count). The molecule has 1 amide bonds. The Kier molecular flexibility index (Phi) is 5.81. The number of carbonyl (C=O) groups is 2. The zero-order valence-electron chi connectivity index (χ0n) is 17.1. The highest BCUT2D eigenvalue weighted by atomic mass is 19.4. The number of hydrogen-bond acceptors (Lipinski definition) is 7. The van der Waals surface area contributed by atoms with Crippen molar-refractivity contribution in [1.82, 2.24) is 10.2 Å². The number of ether oxygens (including phenoxy) is 1. The van der Waals surface area contributed by atoms with Gasteiger partial charge < -0.3 is 19.0 Å². The standard InChI is InChI=1S/C21H21F3N4O4/c1-31-19(30)16-17(15-6-3-11-32-15)25-20(26-18(16)29)28-9-7-27(8-10-28)14-5-2-4-13(12-14)21(22,23)24/h2-6,11-12,16-17H,7-10H2,1H3,(H,25,26,29)/t16-,17+/m0/s1. The summed E-state index contributed by atoms with van der Waals surface area (Å²) < 4.78 is 49.2. The fourth-order valence-corrected chi connectivity index (χ4v) is 3.84. The highest BCUT2D eigenvalue weighted by Gasteiger charge is 2.43. The molecule has 2 aliphatic rings. The van der Waals surface area contributed by atoms with Crippen molar-refractivity contribution >= 4 is 23.5 Å². The number of carbonyl (C=O) groups excluding carboxylic acids is 2. The quantitative estimate of drug-likeness (QED) is 0.571. The molecule has 0 bridgehead atoms. The van der Waals surface area contributed by atoms with E-state index in [1.54, 1.807) is 18.2 Å². The van der Waals surface area contributed by atoms with E-state index in [1.165, 1.54) is 19.4 Å². The molecular formula is C21H21F3N4O4. The third-order valence-electron chi connectivity index (χ3n) is 5.50. The number of aliphatic imine (C=N–C) groups is 1. The number of esters is 1. The molecule has 170 valence electrons. The van der Waals surface area contributed by atoms with Crippen LogP contribution in [0.5, 0.6) is 0 Å². The first-order valence-corrected chi connectivity index (χ1v) is 9.95. The van der Waals surface area contributed by atoms with Gasteiger partial charge in [0, 0.05) is 31.9 Å². The summed E-state index contributed by atoms with van der Waals surface area (Å²) in [6, 6.07) is 7.59. The summed E-state index contributed by atoms with van der Waals surface area (Å²) in [5.41, 5.74) is -0.218. The topological polar surface area (TPSA) is 87.4 Å². The van der Waals surface area contributed by atoms with E-state index in [0.29, 0.717) is 43.6 Å². The zero-order chi connectivity index (χ0) is 22.9. The van der Waals surface area contributed by atoms with Crippen molar-refractivity contribution in [3.8, 4) is 0 Å². The van der Waals surface area contributed by atoms with Crippen molar-refractivity contribution in [2.75, 3.05) is 38.2 Å². The molecule has 32 heavy (non-hydrogen) atoms. The monoisotopic (exact) mass is 450 g/mol. The van der Waals surface area contributed by atoms with Crippen molar-refractivity contribution in [3.05, 3.63) is 54.0 Å². The molecule has 1 N–H and O–H groups in total. The van der Waals surface area contributed by atoms with Crippen molar-refractivity contribution in [1.29, 1.82) is 0 Å². The maximum Gasteiger partial charge on any atom is 0.416 e. The second-order valence-electron chi connectivity index (χ2n) is 7.43. The Balaban J connectivity index is 1.51.